The highest BCUT2D eigenvalue weighted by atomic mass is 16.6. The lowest BCUT2D eigenvalue weighted by molar-refractivity contribution is -0.154. The minimum absolute atomic E-state index is 0.201. The van der Waals surface area contributed by atoms with E-state index in [2.05, 4.69) is 19.1 Å². The zero-order valence-electron chi connectivity index (χ0n) is 22.4. The average Bonchev–Trinajstić information content (AvgIpc) is 3.18. The van der Waals surface area contributed by atoms with Crippen molar-refractivity contribution in [2.75, 3.05) is 0 Å². The number of hydrogen-bond acceptors (Lipinski definition) is 5. The molecule has 0 saturated carbocycles. The van der Waals surface area contributed by atoms with Gasteiger partial charge < -0.3 is 13.9 Å². The van der Waals surface area contributed by atoms with E-state index < -0.39 is 11.6 Å². The Balaban J connectivity index is 1.75. The van der Waals surface area contributed by atoms with Crippen molar-refractivity contribution in [2.24, 2.45) is 0 Å². The summed E-state index contributed by atoms with van der Waals surface area (Å²) in [6.07, 6.45) is 3.12. The van der Waals surface area contributed by atoms with Gasteiger partial charge in [-0.15, -0.1) is 0 Å². The Kier molecular flexibility index (Phi) is 9.14. The van der Waals surface area contributed by atoms with Crippen LogP contribution in [0.4, 0.5) is 0 Å². The summed E-state index contributed by atoms with van der Waals surface area (Å²) in [6.45, 7) is 11.4. The van der Waals surface area contributed by atoms with Crippen LogP contribution in [-0.2, 0) is 20.7 Å². The summed E-state index contributed by atoms with van der Waals surface area (Å²) in [5.41, 5.74) is 3.78. The molecule has 1 heterocycles. The van der Waals surface area contributed by atoms with E-state index in [1.165, 1.54) is 5.56 Å². The van der Waals surface area contributed by atoms with Crippen molar-refractivity contribution in [1.82, 2.24) is 0 Å². The summed E-state index contributed by atoms with van der Waals surface area (Å²) in [5.74, 6) is 0.598. The lowest BCUT2D eigenvalue weighted by atomic mass is 9.96. The smallest absolute Gasteiger partial charge is 0.342 e. The third-order valence-corrected chi connectivity index (χ3v) is 5.95. The van der Waals surface area contributed by atoms with Crippen LogP contribution in [0, 0.1) is 6.92 Å². The SMILES string of the molecule is CCc1ccc(-c2c(-c3ccccc3)oc(C)c2C(=O)O[C@H](C)CCCCC(=O)OC(C)(C)C)cc1. The van der Waals surface area contributed by atoms with Gasteiger partial charge in [-0.2, -0.15) is 0 Å². The predicted molar refractivity (Wildman–Crippen MR) is 143 cm³/mol. The number of carbonyl (C=O) groups excluding carboxylic acids is 2. The van der Waals surface area contributed by atoms with Gasteiger partial charge in [-0.1, -0.05) is 61.5 Å². The quantitative estimate of drug-likeness (QED) is 0.213. The lowest BCUT2D eigenvalue weighted by Crippen LogP contribution is -2.23. The van der Waals surface area contributed by atoms with E-state index in [9.17, 15) is 9.59 Å². The molecule has 0 aliphatic carbocycles. The molecule has 0 radical (unpaired) electrons. The Bertz CT molecular complexity index is 1150. The van der Waals surface area contributed by atoms with Crippen LogP contribution in [0.1, 0.15) is 82.0 Å². The van der Waals surface area contributed by atoms with E-state index in [0.717, 1.165) is 29.5 Å². The fourth-order valence-electron chi connectivity index (χ4n) is 4.16. The maximum absolute atomic E-state index is 13.4. The van der Waals surface area contributed by atoms with Gasteiger partial charge in [0.25, 0.3) is 0 Å². The normalized spacial score (nSPS) is 12.3. The molecule has 0 saturated heterocycles. The third kappa shape index (κ3) is 7.33. The summed E-state index contributed by atoms with van der Waals surface area (Å²) in [5, 5.41) is 0. The Hall–Kier alpha value is -3.34. The summed E-state index contributed by atoms with van der Waals surface area (Å²) in [7, 11) is 0. The van der Waals surface area contributed by atoms with Crippen molar-refractivity contribution in [3.63, 3.8) is 0 Å². The molecule has 1 atom stereocenters. The highest BCUT2D eigenvalue weighted by molar-refractivity contribution is 6.02. The molecule has 0 fully saturated rings. The van der Waals surface area contributed by atoms with E-state index in [-0.39, 0.29) is 12.1 Å². The second kappa shape index (κ2) is 12.1. The van der Waals surface area contributed by atoms with Crippen molar-refractivity contribution in [2.45, 2.75) is 85.4 Å². The van der Waals surface area contributed by atoms with Gasteiger partial charge in [0, 0.05) is 17.5 Å². The topological polar surface area (TPSA) is 65.7 Å². The molecule has 5 nitrogen and oxygen atoms in total. The number of rotatable bonds is 10. The Morgan fingerprint density at radius 2 is 1.61 bits per heavy atom. The first-order valence-corrected chi connectivity index (χ1v) is 12.8. The van der Waals surface area contributed by atoms with Crippen LogP contribution in [0.15, 0.2) is 59.0 Å². The first kappa shape index (κ1) is 27.3. The zero-order valence-corrected chi connectivity index (χ0v) is 22.4. The standard InChI is InChI=1S/C31H38O5/c1-7-23-17-19-24(20-18-23)28-27(22(3)35-29(28)25-14-9-8-10-15-25)30(33)34-21(2)13-11-12-16-26(32)36-31(4,5)6/h8-10,14-15,17-21H,7,11-13,16H2,1-6H3/t21-/m1/s1. The van der Waals surface area contributed by atoms with Crippen molar-refractivity contribution in [3.8, 4) is 22.5 Å². The lowest BCUT2D eigenvalue weighted by Gasteiger charge is -2.19. The largest absolute Gasteiger partial charge is 0.460 e. The molecule has 0 aliphatic rings. The third-order valence-electron chi connectivity index (χ3n) is 5.95. The minimum Gasteiger partial charge on any atom is -0.460 e. The molecule has 3 rings (SSSR count). The van der Waals surface area contributed by atoms with Crippen molar-refractivity contribution in [3.05, 3.63) is 71.5 Å². The van der Waals surface area contributed by atoms with E-state index in [4.69, 9.17) is 13.9 Å². The maximum atomic E-state index is 13.4. The monoisotopic (exact) mass is 490 g/mol. The summed E-state index contributed by atoms with van der Waals surface area (Å²) in [6, 6.07) is 18.0. The van der Waals surface area contributed by atoms with Crippen LogP contribution in [0.2, 0.25) is 0 Å². The molecule has 36 heavy (non-hydrogen) atoms. The van der Waals surface area contributed by atoms with E-state index in [0.29, 0.717) is 36.3 Å². The Labute approximate surface area is 214 Å². The molecule has 5 heteroatoms. The van der Waals surface area contributed by atoms with Gasteiger partial charge in [-0.3, -0.25) is 4.79 Å². The fourth-order valence-corrected chi connectivity index (χ4v) is 4.16. The number of aryl methyl sites for hydroxylation is 2. The molecule has 3 aromatic rings. The molecule has 0 bridgehead atoms. The highest BCUT2D eigenvalue weighted by Crippen LogP contribution is 2.39. The first-order valence-electron chi connectivity index (χ1n) is 12.8. The van der Waals surface area contributed by atoms with Gasteiger partial charge in [-0.05, 0) is 71.4 Å². The number of esters is 2. The number of hydrogen-bond donors (Lipinski definition) is 0. The van der Waals surface area contributed by atoms with Gasteiger partial charge in [0.05, 0.1) is 6.10 Å². The molecule has 0 aliphatic heterocycles. The molecule has 0 unspecified atom stereocenters. The molecule has 0 spiro atoms. The van der Waals surface area contributed by atoms with Crippen molar-refractivity contribution >= 4 is 11.9 Å². The molecule has 2 aromatic carbocycles. The highest BCUT2D eigenvalue weighted by Gasteiger charge is 2.27. The van der Waals surface area contributed by atoms with E-state index >= 15 is 0 Å². The first-order chi connectivity index (χ1) is 17.1. The summed E-state index contributed by atoms with van der Waals surface area (Å²) < 4.78 is 17.4. The van der Waals surface area contributed by atoms with Crippen molar-refractivity contribution in [1.29, 1.82) is 0 Å². The number of benzene rings is 2. The fraction of sp³-hybridized carbons (Fsp3) is 0.419. The number of furan rings is 1. The van der Waals surface area contributed by atoms with E-state index in [1.54, 1.807) is 6.92 Å². The van der Waals surface area contributed by atoms with Gasteiger partial charge in [0.1, 0.15) is 22.7 Å². The Morgan fingerprint density at radius 3 is 2.22 bits per heavy atom. The van der Waals surface area contributed by atoms with Gasteiger partial charge in [-0.25, -0.2) is 4.79 Å². The Morgan fingerprint density at radius 1 is 0.944 bits per heavy atom. The van der Waals surface area contributed by atoms with Crippen LogP contribution in [-0.4, -0.2) is 23.6 Å². The molecule has 0 amide bonds. The zero-order chi connectivity index (χ0) is 26.3. The van der Waals surface area contributed by atoms with Crippen LogP contribution in [0.5, 0.6) is 0 Å². The predicted octanol–water partition coefficient (Wildman–Crippen LogP) is 7.93. The number of unbranched alkanes of at least 4 members (excludes halogenated alkanes) is 1. The number of carbonyl (C=O) groups is 2. The van der Waals surface area contributed by atoms with E-state index in [1.807, 2.05) is 70.2 Å². The van der Waals surface area contributed by atoms with Gasteiger partial charge >= 0.3 is 11.9 Å². The molecule has 0 N–H and O–H groups in total. The molecule has 1 aromatic heterocycles. The van der Waals surface area contributed by atoms with Crippen LogP contribution in [0.3, 0.4) is 0 Å². The number of ether oxygens (including phenoxy) is 2. The van der Waals surface area contributed by atoms with Crippen molar-refractivity contribution < 1.29 is 23.5 Å². The van der Waals surface area contributed by atoms with Gasteiger partial charge in [0.15, 0.2) is 0 Å². The van der Waals surface area contributed by atoms with Gasteiger partial charge in [0.2, 0.25) is 0 Å². The van der Waals surface area contributed by atoms with Crippen LogP contribution >= 0.6 is 0 Å². The van der Waals surface area contributed by atoms with Crippen LogP contribution in [0.25, 0.3) is 22.5 Å². The minimum atomic E-state index is -0.477. The average molecular weight is 491 g/mol. The second-order valence-corrected chi connectivity index (χ2v) is 10.2. The maximum Gasteiger partial charge on any atom is 0.342 e. The molecule has 192 valence electrons. The molecular formula is C31H38O5. The summed E-state index contributed by atoms with van der Waals surface area (Å²) in [4.78, 5) is 25.3. The second-order valence-electron chi connectivity index (χ2n) is 10.2. The van der Waals surface area contributed by atoms with Crippen LogP contribution < -0.4 is 0 Å². The molecular weight excluding hydrogens is 452 g/mol. The summed E-state index contributed by atoms with van der Waals surface area (Å²) >= 11 is 0.